The Hall–Kier alpha value is -2.17. The number of nitrogens with zero attached hydrogens (tertiary/aromatic N) is 2. The number of nitrogen functional groups attached to an aromatic ring is 1. The Morgan fingerprint density at radius 1 is 1.35 bits per heavy atom. The number of nitrogens with two attached hydrogens (primary N) is 1. The third-order valence-electron chi connectivity index (χ3n) is 4.47. The van der Waals surface area contributed by atoms with E-state index in [-0.39, 0.29) is 11.6 Å². The first-order valence-electron chi connectivity index (χ1n) is 8.01. The van der Waals surface area contributed by atoms with E-state index in [1.165, 1.54) is 0 Å². The summed E-state index contributed by atoms with van der Waals surface area (Å²) in [5.74, 6) is 0. The van der Waals surface area contributed by atoms with Crippen LogP contribution in [0.3, 0.4) is 0 Å². The Kier molecular flexibility index (Phi) is 3.54. The summed E-state index contributed by atoms with van der Waals surface area (Å²) in [6.07, 6.45) is 3.80. The van der Waals surface area contributed by atoms with Gasteiger partial charge in [-0.3, -0.25) is 0 Å². The van der Waals surface area contributed by atoms with Crippen molar-refractivity contribution in [3.63, 3.8) is 0 Å². The third kappa shape index (κ3) is 3.14. The number of hydrogen-bond acceptors (Lipinski definition) is 3. The molecule has 1 amide bonds. The van der Waals surface area contributed by atoms with E-state index in [1.807, 2.05) is 46.0 Å². The van der Waals surface area contributed by atoms with Gasteiger partial charge >= 0.3 is 6.09 Å². The molecule has 1 aromatic carbocycles. The average Bonchev–Trinajstić information content (AvgIpc) is 3.12. The monoisotopic (exact) mass is 315 g/mol. The number of rotatable bonds is 3. The first-order valence-corrected chi connectivity index (χ1v) is 8.01. The Bertz CT molecular complexity index is 738. The normalized spacial score (nSPS) is 16.3. The summed E-state index contributed by atoms with van der Waals surface area (Å²) in [4.78, 5) is 14.1. The van der Waals surface area contributed by atoms with Gasteiger partial charge in [0.15, 0.2) is 0 Å². The van der Waals surface area contributed by atoms with Crippen molar-refractivity contribution < 1.29 is 9.53 Å². The number of anilines is 1. The van der Waals surface area contributed by atoms with Crippen molar-refractivity contribution in [1.82, 2.24) is 9.47 Å². The molecular formula is C18H25N3O2. The fraction of sp³-hybridized carbons (Fsp3) is 0.500. The molecule has 0 aliphatic heterocycles. The summed E-state index contributed by atoms with van der Waals surface area (Å²) in [5.41, 5.74) is 7.13. The molecule has 1 fully saturated rings. The topological polar surface area (TPSA) is 60.5 Å². The Balaban J connectivity index is 1.79. The van der Waals surface area contributed by atoms with E-state index in [4.69, 9.17) is 10.5 Å². The summed E-state index contributed by atoms with van der Waals surface area (Å²) in [6, 6.07) is 7.99. The molecule has 0 atom stereocenters. The molecule has 124 valence electrons. The quantitative estimate of drug-likeness (QED) is 0.880. The Labute approximate surface area is 137 Å². The summed E-state index contributed by atoms with van der Waals surface area (Å²) >= 11 is 0. The fourth-order valence-electron chi connectivity index (χ4n) is 2.94. The van der Waals surface area contributed by atoms with Gasteiger partial charge in [0.2, 0.25) is 0 Å². The minimum Gasteiger partial charge on any atom is -0.444 e. The number of benzene rings is 1. The Morgan fingerprint density at radius 2 is 2.04 bits per heavy atom. The van der Waals surface area contributed by atoms with E-state index in [0.717, 1.165) is 36.0 Å². The molecule has 1 heterocycles. The second-order valence-corrected chi connectivity index (χ2v) is 7.53. The molecule has 1 aromatic heterocycles. The van der Waals surface area contributed by atoms with Crippen LogP contribution >= 0.6 is 0 Å². The number of carbonyl (C=O) groups is 1. The summed E-state index contributed by atoms with van der Waals surface area (Å²) in [5, 5.41) is 1.13. The fourth-order valence-corrected chi connectivity index (χ4v) is 2.94. The zero-order valence-electron chi connectivity index (χ0n) is 14.3. The van der Waals surface area contributed by atoms with E-state index >= 15 is 0 Å². The molecular weight excluding hydrogens is 290 g/mol. The van der Waals surface area contributed by atoms with Crippen molar-refractivity contribution in [2.75, 3.05) is 12.8 Å². The van der Waals surface area contributed by atoms with E-state index in [2.05, 4.69) is 16.8 Å². The van der Waals surface area contributed by atoms with Gasteiger partial charge in [0.05, 0.1) is 5.54 Å². The van der Waals surface area contributed by atoms with Gasteiger partial charge < -0.3 is 19.9 Å². The smallest absolute Gasteiger partial charge is 0.410 e. The van der Waals surface area contributed by atoms with E-state index in [9.17, 15) is 4.79 Å². The standard InChI is InChI=1S/C18H25N3O2/c1-17(2,3)23-16(22)20(4)18(8-9-18)12-21-10-7-13-11-14(19)5-6-15(13)21/h5-7,10-11H,8-9,12,19H2,1-4H3. The molecule has 5 heteroatoms. The van der Waals surface area contributed by atoms with Crippen LogP contribution in [0.2, 0.25) is 0 Å². The highest BCUT2D eigenvalue weighted by Gasteiger charge is 2.50. The Morgan fingerprint density at radius 3 is 2.65 bits per heavy atom. The number of fused-ring (bicyclic) bond motifs is 1. The highest BCUT2D eigenvalue weighted by atomic mass is 16.6. The number of aromatic nitrogens is 1. The molecule has 0 spiro atoms. The van der Waals surface area contributed by atoms with Crippen LogP contribution in [-0.2, 0) is 11.3 Å². The lowest BCUT2D eigenvalue weighted by Gasteiger charge is -2.31. The van der Waals surface area contributed by atoms with E-state index in [0.29, 0.717) is 0 Å². The van der Waals surface area contributed by atoms with Gasteiger partial charge in [-0.2, -0.15) is 0 Å². The zero-order valence-corrected chi connectivity index (χ0v) is 14.3. The van der Waals surface area contributed by atoms with E-state index < -0.39 is 5.60 Å². The van der Waals surface area contributed by atoms with Crippen molar-refractivity contribution >= 4 is 22.7 Å². The first kappa shape index (κ1) is 15.7. The molecule has 1 aliphatic rings. The molecule has 0 bridgehead atoms. The third-order valence-corrected chi connectivity index (χ3v) is 4.47. The SMILES string of the molecule is CN(C(=O)OC(C)(C)C)C1(Cn2ccc3cc(N)ccc32)CC1. The van der Waals surface area contributed by atoms with Crippen LogP contribution in [0, 0.1) is 0 Å². The molecule has 2 aromatic rings. The van der Waals surface area contributed by atoms with Gasteiger partial charge in [0.1, 0.15) is 5.60 Å². The van der Waals surface area contributed by atoms with Crippen LogP contribution in [0.5, 0.6) is 0 Å². The molecule has 0 unspecified atom stereocenters. The van der Waals surface area contributed by atoms with Gasteiger partial charge in [-0.05, 0) is 57.9 Å². The summed E-state index contributed by atoms with van der Waals surface area (Å²) < 4.78 is 7.71. The first-order chi connectivity index (χ1) is 10.7. The van der Waals surface area contributed by atoms with Crippen molar-refractivity contribution in [2.45, 2.75) is 51.3 Å². The molecule has 5 nitrogen and oxygen atoms in total. The predicted molar refractivity (Wildman–Crippen MR) is 92.3 cm³/mol. The molecule has 2 N–H and O–H groups in total. The maximum Gasteiger partial charge on any atom is 0.410 e. The van der Waals surface area contributed by atoms with Gasteiger partial charge in [0.25, 0.3) is 0 Å². The lowest BCUT2D eigenvalue weighted by molar-refractivity contribution is 0.0178. The van der Waals surface area contributed by atoms with Crippen molar-refractivity contribution in [3.05, 3.63) is 30.5 Å². The zero-order chi connectivity index (χ0) is 16.8. The van der Waals surface area contributed by atoms with Gasteiger partial charge in [-0.25, -0.2) is 4.79 Å². The van der Waals surface area contributed by atoms with Crippen molar-refractivity contribution in [3.8, 4) is 0 Å². The lowest BCUT2D eigenvalue weighted by Crippen LogP contribution is -2.44. The number of hydrogen-bond donors (Lipinski definition) is 1. The maximum atomic E-state index is 12.4. The van der Waals surface area contributed by atoms with Crippen LogP contribution in [-0.4, -0.2) is 33.7 Å². The maximum absolute atomic E-state index is 12.4. The highest BCUT2D eigenvalue weighted by molar-refractivity contribution is 5.83. The van der Waals surface area contributed by atoms with Gasteiger partial charge in [-0.15, -0.1) is 0 Å². The minimum absolute atomic E-state index is 0.143. The molecule has 1 saturated carbocycles. The predicted octanol–water partition coefficient (Wildman–Crippen LogP) is 3.62. The van der Waals surface area contributed by atoms with E-state index in [1.54, 1.807) is 4.90 Å². The van der Waals surface area contributed by atoms with Crippen LogP contribution in [0.15, 0.2) is 30.5 Å². The lowest BCUT2D eigenvalue weighted by atomic mass is 10.2. The van der Waals surface area contributed by atoms with Crippen LogP contribution in [0.25, 0.3) is 10.9 Å². The van der Waals surface area contributed by atoms with Gasteiger partial charge in [-0.1, -0.05) is 0 Å². The van der Waals surface area contributed by atoms with Crippen LogP contribution in [0.1, 0.15) is 33.6 Å². The number of amides is 1. The molecule has 0 radical (unpaired) electrons. The van der Waals surface area contributed by atoms with Crippen LogP contribution in [0.4, 0.5) is 10.5 Å². The van der Waals surface area contributed by atoms with Gasteiger partial charge in [0, 0.05) is 36.4 Å². The molecule has 1 aliphatic carbocycles. The van der Waals surface area contributed by atoms with Crippen LogP contribution < -0.4 is 5.73 Å². The summed E-state index contributed by atoms with van der Waals surface area (Å²) in [6.45, 7) is 6.45. The van der Waals surface area contributed by atoms with Crippen molar-refractivity contribution in [2.24, 2.45) is 0 Å². The number of ether oxygens (including phenoxy) is 1. The second kappa shape index (κ2) is 5.18. The average molecular weight is 315 g/mol. The largest absolute Gasteiger partial charge is 0.444 e. The molecule has 0 saturated heterocycles. The summed E-state index contributed by atoms with van der Waals surface area (Å²) in [7, 11) is 1.84. The second-order valence-electron chi connectivity index (χ2n) is 7.53. The highest BCUT2D eigenvalue weighted by Crippen LogP contribution is 2.43. The minimum atomic E-state index is -0.473. The number of carbonyl (C=O) groups excluding carboxylic acids is 1. The molecule has 23 heavy (non-hydrogen) atoms. The number of likely N-dealkylation sites (N-methyl/N-ethyl adjacent to an activating group) is 1. The van der Waals surface area contributed by atoms with Crippen molar-refractivity contribution in [1.29, 1.82) is 0 Å². The molecule has 3 rings (SSSR count).